The third kappa shape index (κ3) is 8.43. The number of halogens is 12. The zero-order chi connectivity index (χ0) is 36.9. The van der Waals surface area contributed by atoms with Crippen LogP contribution in [0.5, 0.6) is 0 Å². The minimum Gasteiger partial charge on any atom is -0.166 e. The number of fused-ring (bicyclic) bond motifs is 2. The Kier molecular flexibility index (Phi) is 10.4. The molecule has 0 N–H and O–H groups in total. The van der Waals surface area contributed by atoms with E-state index in [2.05, 4.69) is 0 Å². The van der Waals surface area contributed by atoms with Crippen LogP contribution in [0.4, 0.5) is 52.7 Å². The lowest BCUT2D eigenvalue weighted by Crippen LogP contribution is -2.32. The Morgan fingerprint density at radius 1 is 0.373 bits per heavy atom. The summed E-state index contributed by atoms with van der Waals surface area (Å²) in [5.74, 6) is 0.388. The highest BCUT2D eigenvalue weighted by Gasteiger charge is 2.49. The number of alkyl halides is 12. The quantitative estimate of drug-likeness (QED) is 0.124. The lowest BCUT2D eigenvalue weighted by Gasteiger charge is -2.36. The van der Waals surface area contributed by atoms with Gasteiger partial charge in [-0.05, 0) is 141 Å². The van der Waals surface area contributed by atoms with E-state index in [1.165, 1.54) is 48.5 Å². The van der Waals surface area contributed by atoms with Crippen molar-refractivity contribution in [2.24, 2.45) is 23.7 Å². The summed E-state index contributed by atoms with van der Waals surface area (Å²) in [5.41, 5.74) is -3.43. The minimum absolute atomic E-state index is 0.0201. The lowest BCUT2D eigenvalue weighted by molar-refractivity contribution is -0.138. The van der Waals surface area contributed by atoms with Gasteiger partial charge >= 0.3 is 24.7 Å². The molecule has 272 valence electrons. The first kappa shape index (κ1) is 37.7. The zero-order valence-electron chi connectivity index (χ0n) is 26.5. The van der Waals surface area contributed by atoms with Gasteiger partial charge in [0.2, 0.25) is 0 Å². The van der Waals surface area contributed by atoms with E-state index in [-0.39, 0.29) is 23.7 Å². The van der Waals surface area contributed by atoms with Crippen LogP contribution >= 0.6 is 15.8 Å². The molecular weight excluding hydrogens is 734 g/mol. The summed E-state index contributed by atoms with van der Waals surface area (Å²) in [6, 6.07) is 18.6. The Hall–Kier alpha value is -3.10. The van der Waals surface area contributed by atoms with Crippen molar-refractivity contribution < 1.29 is 52.7 Å². The first-order valence-electron chi connectivity index (χ1n) is 16.0. The van der Waals surface area contributed by atoms with Crippen molar-refractivity contribution in [3.63, 3.8) is 0 Å². The van der Waals surface area contributed by atoms with E-state index in [1.807, 2.05) is 0 Å². The zero-order valence-corrected chi connectivity index (χ0v) is 28.3. The summed E-state index contributed by atoms with van der Waals surface area (Å²) in [6.45, 7) is 0. The third-order valence-corrected chi connectivity index (χ3v) is 15.3. The molecular formula is C37H30F12P2. The Morgan fingerprint density at radius 3 is 0.784 bits per heavy atom. The van der Waals surface area contributed by atoms with Crippen LogP contribution in [0.15, 0.2) is 97.1 Å². The van der Waals surface area contributed by atoms with Gasteiger partial charge in [0.25, 0.3) is 0 Å². The fourth-order valence-corrected chi connectivity index (χ4v) is 13.0. The van der Waals surface area contributed by atoms with Gasteiger partial charge in [-0.25, -0.2) is 0 Å². The predicted octanol–water partition coefficient (Wildman–Crippen LogP) is 11.0. The summed E-state index contributed by atoms with van der Waals surface area (Å²) in [5, 5.41) is 2.25. The van der Waals surface area contributed by atoms with Gasteiger partial charge in [-0.1, -0.05) is 48.5 Å². The Morgan fingerprint density at radius 2 is 0.588 bits per heavy atom. The van der Waals surface area contributed by atoms with Gasteiger partial charge in [0.1, 0.15) is 0 Å². The molecule has 2 fully saturated rings. The molecule has 0 aromatic heterocycles. The Bertz CT molecular complexity index is 1530. The highest BCUT2D eigenvalue weighted by molar-refractivity contribution is 7.73. The monoisotopic (exact) mass is 764 g/mol. The van der Waals surface area contributed by atoms with Gasteiger partial charge in [-0.15, -0.1) is 0 Å². The minimum atomic E-state index is -4.58. The van der Waals surface area contributed by atoms with Crippen molar-refractivity contribution in [1.29, 1.82) is 0 Å². The number of hydrogen-bond donors (Lipinski definition) is 0. The highest BCUT2D eigenvalue weighted by atomic mass is 31.1. The average Bonchev–Trinajstić information content (AvgIpc) is 3.67. The molecule has 0 spiro atoms. The van der Waals surface area contributed by atoms with E-state index < -0.39 is 62.8 Å². The van der Waals surface area contributed by atoms with Crippen LogP contribution in [0, 0.1) is 23.7 Å². The van der Waals surface area contributed by atoms with Crippen LogP contribution < -0.4 is 21.2 Å². The summed E-state index contributed by atoms with van der Waals surface area (Å²) in [4.78, 5) is 0. The fourth-order valence-electron chi connectivity index (χ4n) is 7.56. The Balaban J connectivity index is 1.36. The van der Waals surface area contributed by atoms with Crippen molar-refractivity contribution in [2.45, 2.75) is 44.0 Å². The van der Waals surface area contributed by atoms with Gasteiger partial charge in [-0.3, -0.25) is 0 Å². The average molecular weight is 765 g/mol. The molecule has 6 rings (SSSR count). The van der Waals surface area contributed by atoms with Crippen molar-refractivity contribution in [1.82, 2.24) is 0 Å². The molecule has 2 aliphatic rings. The van der Waals surface area contributed by atoms with Crippen molar-refractivity contribution in [2.75, 3.05) is 12.3 Å². The number of rotatable bonds is 8. The van der Waals surface area contributed by atoms with Crippen LogP contribution in [0.1, 0.15) is 41.5 Å². The smallest absolute Gasteiger partial charge is 0.166 e. The number of hydrogen-bond acceptors (Lipinski definition) is 0. The van der Waals surface area contributed by atoms with E-state index in [0.29, 0.717) is 33.5 Å². The van der Waals surface area contributed by atoms with Crippen LogP contribution in [-0.4, -0.2) is 12.3 Å². The second-order valence-corrected chi connectivity index (χ2v) is 17.6. The molecule has 2 bridgehead atoms. The Labute approximate surface area is 288 Å². The van der Waals surface area contributed by atoms with E-state index in [0.717, 1.165) is 67.8 Å². The van der Waals surface area contributed by atoms with Gasteiger partial charge < -0.3 is 0 Å². The van der Waals surface area contributed by atoms with Gasteiger partial charge in [0.15, 0.2) is 0 Å². The van der Waals surface area contributed by atoms with Crippen molar-refractivity contribution in [3.8, 4) is 0 Å². The van der Waals surface area contributed by atoms with Gasteiger partial charge in [-0.2, -0.15) is 52.7 Å². The molecule has 4 aromatic rings. The van der Waals surface area contributed by atoms with E-state index in [4.69, 9.17) is 0 Å². The molecule has 4 aromatic carbocycles. The summed E-state index contributed by atoms with van der Waals surface area (Å²) in [7, 11) is -2.89. The predicted molar refractivity (Wildman–Crippen MR) is 176 cm³/mol. The molecule has 51 heavy (non-hydrogen) atoms. The summed E-state index contributed by atoms with van der Waals surface area (Å²) in [6.07, 6.45) is -14.8. The molecule has 14 heteroatoms. The molecule has 0 saturated heterocycles. The van der Waals surface area contributed by atoms with Gasteiger partial charge in [0.05, 0.1) is 22.3 Å². The van der Waals surface area contributed by atoms with Crippen LogP contribution in [0.2, 0.25) is 0 Å². The lowest BCUT2D eigenvalue weighted by atomic mass is 9.81. The molecule has 0 aliphatic heterocycles. The maximum atomic E-state index is 13.4. The normalized spacial score (nSPS) is 21.2. The molecule has 2 aliphatic carbocycles. The highest BCUT2D eigenvalue weighted by Crippen LogP contribution is 2.59. The molecule has 0 heterocycles. The molecule has 0 amide bonds. The maximum Gasteiger partial charge on any atom is 0.416 e. The molecule has 0 nitrogen and oxygen atoms in total. The van der Waals surface area contributed by atoms with Crippen LogP contribution in [-0.2, 0) is 24.7 Å². The second kappa shape index (κ2) is 14.0. The molecule has 2 unspecified atom stereocenters. The van der Waals surface area contributed by atoms with Crippen LogP contribution in [0.25, 0.3) is 0 Å². The molecule has 0 radical (unpaired) electrons. The third-order valence-electron chi connectivity index (χ3n) is 10.1. The summed E-state index contributed by atoms with van der Waals surface area (Å²) < 4.78 is 161. The molecule has 4 atom stereocenters. The fraction of sp³-hybridized carbons (Fsp3) is 0.351. The van der Waals surface area contributed by atoms with Gasteiger partial charge in [0, 0.05) is 0 Å². The molecule has 2 saturated carbocycles. The van der Waals surface area contributed by atoms with Crippen LogP contribution in [0.3, 0.4) is 0 Å². The van der Waals surface area contributed by atoms with E-state index in [1.54, 1.807) is 0 Å². The summed E-state index contributed by atoms with van der Waals surface area (Å²) >= 11 is 0. The second-order valence-electron chi connectivity index (χ2n) is 13.1. The first-order valence-corrected chi connectivity index (χ1v) is 19.1. The number of benzene rings is 4. The maximum absolute atomic E-state index is 13.4. The standard InChI is InChI=1S/C37H30F12P2/c38-34(39,40)24-3-11-28(12-4-24)50(29-13-5-25(6-14-29)35(41,42)43)20-32-22-1-2-23(19-22)33(32)21-51(30-15-7-26(8-16-30)36(44,45)46)31-17-9-27(10-18-31)37(47,48)49/h3-18,22-23,32-33H,1-2,19-21H2/t22?,23?,32-,33-/m1/s1. The van der Waals surface area contributed by atoms with Crippen molar-refractivity contribution in [3.05, 3.63) is 119 Å². The van der Waals surface area contributed by atoms with Crippen molar-refractivity contribution >= 4 is 37.1 Å². The van der Waals surface area contributed by atoms with E-state index in [9.17, 15) is 52.7 Å². The topological polar surface area (TPSA) is 0 Å². The largest absolute Gasteiger partial charge is 0.416 e. The van der Waals surface area contributed by atoms with E-state index >= 15 is 0 Å². The first-order chi connectivity index (χ1) is 23.8. The SMILES string of the molecule is FC(F)(F)c1ccc(P(C[C@@H]2C3CCC(C3)[C@H]2CP(c2ccc(C(F)(F)F)cc2)c2ccc(C(F)(F)F)cc2)c2ccc(C(F)(F)F)cc2)cc1.